The monoisotopic (exact) mass is 344 g/mol. The predicted octanol–water partition coefficient (Wildman–Crippen LogP) is 3.50. The smallest absolute Gasteiger partial charge is 0.261 e. The third kappa shape index (κ3) is 3.43. The summed E-state index contributed by atoms with van der Waals surface area (Å²) in [5, 5.41) is 2.75. The molecular weight excluding hydrogens is 324 g/mol. The Morgan fingerprint density at radius 2 is 1.88 bits per heavy atom. The lowest BCUT2D eigenvalue weighted by Gasteiger charge is -2.18. The van der Waals surface area contributed by atoms with E-state index in [1.165, 1.54) is 6.07 Å². The van der Waals surface area contributed by atoms with E-state index in [2.05, 4.69) is 23.9 Å². The second kappa shape index (κ2) is 6.28. The molecule has 2 aromatic carbocycles. The summed E-state index contributed by atoms with van der Waals surface area (Å²) in [6, 6.07) is 12.2. The quantitative estimate of drug-likeness (QED) is 0.891. The molecule has 24 heavy (non-hydrogen) atoms. The van der Waals surface area contributed by atoms with E-state index in [4.69, 9.17) is 0 Å². The molecule has 3 rings (SSSR count). The first kappa shape index (κ1) is 16.5. The van der Waals surface area contributed by atoms with Gasteiger partial charge in [0.1, 0.15) is 0 Å². The molecule has 0 aromatic heterocycles. The van der Waals surface area contributed by atoms with Crippen LogP contribution in [0.5, 0.6) is 0 Å². The van der Waals surface area contributed by atoms with E-state index in [1.54, 1.807) is 18.2 Å². The molecular formula is C18H20N2O3S. The molecule has 0 saturated carbocycles. The van der Waals surface area contributed by atoms with Crippen LogP contribution in [-0.2, 0) is 21.2 Å². The first-order valence-electron chi connectivity index (χ1n) is 7.91. The summed E-state index contributed by atoms with van der Waals surface area (Å²) in [6.45, 7) is 4.12. The van der Waals surface area contributed by atoms with E-state index >= 15 is 0 Å². The minimum Gasteiger partial charge on any atom is -0.326 e. The summed E-state index contributed by atoms with van der Waals surface area (Å²) in [5.41, 5.74) is 3.15. The highest BCUT2D eigenvalue weighted by molar-refractivity contribution is 7.92. The number of rotatable bonds is 4. The molecule has 6 heteroatoms. The Hall–Kier alpha value is -2.34. The zero-order valence-corrected chi connectivity index (χ0v) is 14.5. The van der Waals surface area contributed by atoms with Crippen molar-refractivity contribution in [1.29, 1.82) is 0 Å². The lowest BCUT2D eigenvalue weighted by molar-refractivity contribution is -0.116. The van der Waals surface area contributed by atoms with Gasteiger partial charge in [0.25, 0.3) is 10.0 Å². The molecule has 0 saturated heterocycles. The maximum Gasteiger partial charge on any atom is 0.261 e. The molecule has 1 amide bonds. The van der Waals surface area contributed by atoms with E-state index in [-0.39, 0.29) is 10.8 Å². The molecule has 0 atom stereocenters. The van der Waals surface area contributed by atoms with Gasteiger partial charge in [-0.1, -0.05) is 26.0 Å². The van der Waals surface area contributed by atoms with E-state index in [9.17, 15) is 13.2 Å². The largest absolute Gasteiger partial charge is 0.326 e. The van der Waals surface area contributed by atoms with E-state index in [0.717, 1.165) is 11.1 Å². The summed E-state index contributed by atoms with van der Waals surface area (Å²) in [5.74, 6) is 0.281. The van der Waals surface area contributed by atoms with Crippen LogP contribution < -0.4 is 10.0 Å². The fourth-order valence-electron chi connectivity index (χ4n) is 2.70. The van der Waals surface area contributed by atoms with Crippen LogP contribution in [0.4, 0.5) is 11.4 Å². The van der Waals surface area contributed by atoms with E-state index in [1.807, 2.05) is 18.2 Å². The molecule has 2 aromatic rings. The predicted molar refractivity (Wildman–Crippen MR) is 94.7 cm³/mol. The van der Waals surface area contributed by atoms with Crippen molar-refractivity contribution < 1.29 is 13.2 Å². The van der Waals surface area contributed by atoms with Crippen molar-refractivity contribution in [2.45, 2.75) is 37.5 Å². The molecule has 0 fully saturated rings. The van der Waals surface area contributed by atoms with Crippen molar-refractivity contribution in [2.24, 2.45) is 0 Å². The number of amides is 1. The molecule has 126 valence electrons. The Kier molecular flexibility index (Phi) is 4.32. The molecule has 0 bridgehead atoms. The van der Waals surface area contributed by atoms with Crippen molar-refractivity contribution in [3.8, 4) is 0 Å². The van der Waals surface area contributed by atoms with Crippen LogP contribution in [0, 0.1) is 0 Å². The maximum atomic E-state index is 12.6. The number of carbonyl (C=O) groups is 1. The normalized spacial score (nSPS) is 14.2. The lowest BCUT2D eigenvalue weighted by atomic mass is 10.0. The highest BCUT2D eigenvalue weighted by Crippen LogP contribution is 2.27. The number of sulfonamides is 1. The Bertz CT molecular complexity index is 889. The van der Waals surface area contributed by atoms with Crippen LogP contribution in [-0.4, -0.2) is 14.3 Å². The molecule has 0 radical (unpaired) electrons. The minimum atomic E-state index is -3.67. The van der Waals surface area contributed by atoms with Crippen LogP contribution in [0.3, 0.4) is 0 Å². The van der Waals surface area contributed by atoms with Gasteiger partial charge in [0.05, 0.1) is 4.90 Å². The van der Waals surface area contributed by atoms with Gasteiger partial charge in [0.15, 0.2) is 0 Å². The fraction of sp³-hybridized carbons (Fsp3) is 0.278. The first-order valence-corrected chi connectivity index (χ1v) is 9.39. The van der Waals surface area contributed by atoms with Gasteiger partial charge in [-0.25, -0.2) is 8.42 Å². The highest BCUT2D eigenvalue weighted by atomic mass is 32.2. The van der Waals surface area contributed by atoms with Crippen LogP contribution >= 0.6 is 0 Å². The van der Waals surface area contributed by atoms with Crippen LogP contribution in [0.1, 0.15) is 37.3 Å². The van der Waals surface area contributed by atoms with E-state index in [0.29, 0.717) is 30.1 Å². The number of nitrogens with one attached hydrogen (secondary N) is 2. The lowest BCUT2D eigenvalue weighted by Crippen LogP contribution is -2.20. The van der Waals surface area contributed by atoms with Crippen molar-refractivity contribution in [3.05, 3.63) is 53.6 Å². The second-order valence-corrected chi connectivity index (χ2v) is 7.94. The maximum absolute atomic E-state index is 12.6. The van der Waals surface area contributed by atoms with Gasteiger partial charge in [-0.05, 0) is 53.8 Å². The number of carbonyl (C=O) groups excluding carboxylic acids is 1. The summed E-state index contributed by atoms with van der Waals surface area (Å²) < 4.78 is 27.9. The number of benzene rings is 2. The standard InChI is InChI=1S/C18H20N2O3S/c1-12(2)13-4-3-5-15(10-13)20-24(22,23)16-7-8-17-14(11-16)6-9-18(21)19-17/h3-5,7-8,10-12,20H,6,9H2,1-2H3,(H,19,21). The van der Waals surface area contributed by atoms with Crippen LogP contribution in [0.2, 0.25) is 0 Å². The van der Waals surface area contributed by atoms with Gasteiger partial charge in [0, 0.05) is 17.8 Å². The van der Waals surface area contributed by atoms with Crippen LogP contribution in [0.25, 0.3) is 0 Å². The minimum absolute atomic E-state index is 0.0401. The van der Waals surface area contributed by atoms with Gasteiger partial charge < -0.3 is 5.32 Å². The van der Waals surface area contributed by atoms with Crippen molar-refractivity contribution in [3.63, 3.8) is 0 Å². The molecule has 0 unspecified atom stereocenters. The van der Waals surface area contributed by atoms with Crippen molar-refractivity contribution in [2.75, 3.05) is 10.0 Å². The number of fused-ring (bicyclic) bond motifs is 1. The molecule has 1 heterocycles. The molecule has 5 nitrogen and oxygen atoms in total. The SMILES string of the molecule is CC(C)c1cccc(NS(=O)(=O)c2ccc3c(c2)CCC(=O)N3)c1. The Labute approximate surface area is 142 Å². The van der Waals surface area contributed by atoms with Gasteiger partial charge in [-0.15, -0.1) is 0 Å². The topological polar surface area (TPSA) is 75.3 Å². The first-order chi connectivity index (χ1) is 11.3. The number of hydrogen-bond donors (Lipinski definition) is 2. The summed E-state index contributed by atoms with van der Waals surface area (Å²) in [4.78, 5) is 11.6. The molecule has 1 aliphatic heterocycles. The van der Waals surface area contributed by atoms with Gasteiger partial charge in [0.2, 0.25) is 5.91 Å². The average molecular weight is 344 g/mol. The van der Waals surface area contributed by atoms with Gasteiger partial charge in [-0.2, -0.15) is 0 Å². The third-order valence-electron chi connectivity index (χ3n) is 4.09. The summed E-state index contributed by atoms with van der Waals surface area (Å²) in [6.07, 6.45) is 0.924. The molecule has 2 N–H and O–H groups in total. The average Bonchev–Trinajstić information content (AvgIpc) is 2.54. The molecule has 1 aliphatic rings. The van der Waals surface area contributed by atoms with Gasteiger partial charge >= 0.3 is 0 Å². The Balaban J connectivity index is 1.88. The number of anilines is 2. The Morgan fingerprint density at radius 3 is 2.62 bits per heavy atom. The molecule has 0 aliphatic carbocycles. The number of aryl methyl sites for hydroxylation is 1. The zero-order valence-electron chi connectivity index (χ0n) is 13.7. The van der Waals surface area contributed by atoms with Crippen molar-refractivity contribution in [1.82, 2.24) is 0 Å². The fourth-order valence-corrected chi connectivity index (χ4v) is 3.80. The zero-order chi connectivity index (χ0) is 17.3. The van der Waals surface area contributed by atoms with Crippen molar-refractivity contribution >= 4 is 27.3 Å². The highest BCUT2D eigenvalue weighted by Gasteiger charge is 2.20. The second-order valence-electron chi connectivity index (χ2n) is 6.25. The molecule has 0 spiro atoms. The van der Waals surface area contributed by atoms with Crippen LogP contribution in [0.15, 0.2) is 47.4 Å². The Morgan fingerprint density at radius 1 is 1.08 bits per heavy atom. The van der Waals surface area contributed by atoms with E-state index < -0.39 is 10.0 Å². The van der Waals surface area contributed by atoms with Gasteiger partial charge in [-0.3, -0.25) is 9.52 Å². The summed E-state index contributed by atoms with van der Waals surface area (Å²) >= 11 is 0. The third-order valence-corrected chi connectivity index (χ3v) is 5.47. The summed E-state index contributed by atoms with van der Waals surface area (Å²) in [7, 11) is -3.67. The number of hydrogen-bond acceptors (Lipinski definition) is 3.